The van der Waals surface area contributed by atoms with Gasteiger partial charge in [-0.15, -0.1) is 0 Å². The van der Waals surface area contributed by atoms with Crippen LogP contribution in [0.1, 0.15) is 13.8 Å². The van der Waals surface area contributed by atoms with Crippen molar-refractivity contribution in [3.63, 3.8) is 0 Å². The molecule has 2 N–H and O–H groups in total. The molecule has 0 radical (unpaired) electrons. The minimum atomic E-state index is -0.414. The number of hydrogen-bond acceptors (Lipinski definition) is 3. The molecule has 0 rings (SSSR count). The number of nitrogens with zero attached hydrogens (tertiary/aromatic N) is 1. The Bertz CT molecular complexity index is 153. The summed E-state index contributed by atoms with van der Waals surface area (Å²) in [6, 6.07) is -0.414. The van der Waals surface area contributed by atoms with E-state index in [-0.39, 0.29) is 5.78 Å². The van der Waals surface area contributed by atoms with Crippen molar-refractivity contribution < 1.29 is 4.79 Å². The Labute approximate surface area is 74.2 Å². The minimum Gasteiger partial charge on any atom is -0.320 e. The van der Waals surface area contributed by atoms with Gasteiger partial charge in [0.15, 0.2) is 5.78 Å². The highest BCUT2D eigenvalue weighted by Crippen LogP contribution is 1.91. The van der Waals surface area contributed by atoms with E-state index in [4.69, 9.17) is 5.73 Å². The molecule has 12 heavy (non-hydrogen) atoms. The molecule has 3 heteroatoms. The Morgan fingerprint density at radius 1 is 1.58 bits per heavy atom. The summed E-state index contributed by atoms with van der Waals surface area (Å²) >= 11 is 0. The predicted molar refractivity (Wildman–Crippen MR) is 51.0 cm³/mol. The van der Waals surface area contributed by atoms with Gasteiger partial charge in [0.1, 0.15) is 0 Å². The van der Waals surface area contributed by atoms with Crippen molar-refractivity contribution in [2.45, 2.75) is 19.9 Å². The number of ketones is 1. The van der Waals surface area contributed by atoms with E-state index in [0.717, 1.165) is 13.1 Å². The van der Waals surface area contributed by atoms with Gasteiger partial charge in [-0.1, -0.05) is 20.4 Å². The van der Waals surface area contributed by atoms with E-state index in [0.29, 0.717) is 6.54 Å². The molecule has 1 atom stereocenters. The summed E-state index contributed by atoms with van der Waals surface area (Å²) < 4.78 is 0. The zero-order valence-electron chi connectivity index (χ0n) is 7.92. The second-order valence-corrected chi connectivity index (χ2v) is 2.70. The summed E-state index contributed by atoms with van der Waals surface area (Å²) in [4.78, 5) is 13.1. The summed E-state index contributed by atoms with van der Waals surface area (Å²) in [6.07, 6.45) is 1.29. The molecule has 0 aromatic heterocycles. The Morgan fingerprint density at radius 3 is 2.42 bits per heavy atom. The summed E-state index contributed by atoms with van der Waals surface area (Å²) in [7, 11) is 0. The molecule has 0 aliphatic carbocycles. The maximum absolute atomic E-state index is 11.0. The lowest BCUT2D eigenvalue weighted by atomic mass is 10.2. The highest BCUT2D eigenvalue weighted by atomic mass is 16.1. The summed E-state index contributed by atoms with van der Waals surface area (Å²) in [5.74, 6) is -0.0816. The zero-order valence-corrected chi connectivity index (χ0v) is 7.92. The molecule has 0 saturated carbocycles. The van der Waals surface area contributed by atoms with Crippen LogP contribution in [-0.2, 0) is 4.79 Å². The summed E-state index contributed by atoms with van der Waals surface area (Å²) in [5.41, 5.74) is 5.62. The Hall–Kier alpha value is -0.670. The quantitative estimate of drug-likeness (QED) is 0.587. The topological polar surface area (TPSA) is 46.3 Å². The fourth-order valence-electron chi connectivity index (χ4n) is 1.00. The average molecular weight is 170 g/mol. The van der Waals surface area contributed by atoms with E-state index < -0.39 is 6.04 Å². The van der Waals surface area contributed by atoms with E-state index in [2.05, 4.69) is 25.3 Å². The van der Waals surface area contributed by atoms with Crippen molar-refractivity contribution in [2.75, 3.05) is 19.6 Å². The normalized spacial score (nSPS) is 13.0. The molecule has 0 fully saturated rings. The molecule has 1 unspecified atom stereocenters. The van der Waals surface area contributed by atoms with Crippen molar-refractivity contribution in [1.29, 1.82) is 0 Å². The molecule has 70 valence electrons. The Morgan fingerprint density at radius 2 is 2.08 bits per heavy atom. The standard InChI is InChI=1S/C9H18N2O/c1-4-9(12)8(10)7-11(5-2)6-3/h4,8H,1,5-7,10H2,2-3H3. The van der Waals surface area contributed by atoms with Crippen molar-refractivity contribution in [1.82, 2.24) is 4.90 Å². The number of hydrogen-bond donors (Lipinski definition) is 1. The van der Waals surface area contributed by atoms with Crippen LogP contribution in [0.5, 0.6) is 0 Å². The first kappa shape index (κ1) is 11.3. The van der Waals surface area contributed by atoms with Crippen LogP contribution >= 0.6 is 0 Å². The third kappa shape index (κ3) is 3.64. The van der Waals surface area contributed by atoms with Gasteiger partial charge in [0.05, 0.1) is 6.04 Å². The van der Waals surface area contributed by atoms with E-state index in [1.54, 1.807) is 0 Å². The van der Waals surface area contributed by atoms with Crippen molar-refractivity contribution in [3.05, 3.63) is 12.7 Å². The van der Waals surface area contributed by atoms with Crippen LogP contribution in [-0.4, -0.2) is 36.4 Å². The zero-order chi connectivity index (χ0) is 9.56. The Balaban J connectivity index is 3.88. The summed E-state index contributed by atoms with van der Waals surface area (Å²) in [6.45, 7) is 9.97. The predicted octanol–water partition coefficient (Wildman–Crippen LogP) is 0.411. The number of carbonyl (C=O) groups is 1. The lowest BCUT2D eigenvalue weighted by Crippen LogP contribution is -2.41. The second kappa shape index (κ2) is 5.91. The maximum atomic E-state index is 11.0. The fraction of sp³-hybridized carbons (Fsp3) is 0.667. The molecule has 0 aromatic rings. The summed E-state index contributed by atoms with van der Waals surface area (Å²) in [5, 5.41) is 0. The van der Waals surface area contributed by atoms with Crippen LogP contribution in [0, 0.1) is 0 Å². The van der Waals surface area contributed by atoms with Crippen molar-refractivity contribution in [3.8, 4) is 0 Å². The molecule has 0 spiro atoms. The van der Waals surface area contributed by atoms with E-state index in [9.17, 15) is 4.79 Å². The van der Waals surface area contributed by atoms with Crippen LogP contribution in [0.3, 0.4) is 0 Å². The molecular formula is C9H18N2O. The van der Waals surface area contributed by atoms with Crippen LogP contribution in [0.25, 0.3) is 0 Å². The highest BCUT2D eigenvalue weighted by Gasteiger charge is 2.12. The maximum Gasteiger partial charge on any atom is 0.173 e. The SMILES string of the molecule is C=CC(=O)C(N)CN(CC)CC. The molecular weight excluding hydrogens is 152 g/mol. The van der Waals surface area contributed by atoms with E-state index in [1.165, 1.54) is 6.08 Å². The average Bonchev–Trinajstić information content (AvgIpc) is 2.12. The Kier molecular flexibility index (Phi) is 5.58. The van der Waals surface area contributed by atoms with Gasteiger partial charge in [0.2, 0.25) is 0 Å². The van der Waals surface area contributed by atoms with Gasteiger partial charge in [-0.3, -0.25) is 4.79 Å². The first-order valence-electron chi connectivity index (χ1n) is 4.29. The van der Waals surface area contributed by atoms with Gasteiger partial charge in [-0.25, -0.2) is 0 Å². The lowest BCUT2D eigenvalue weighted by molar-refractivity contribution is -0.116. The lowest BCUT2D eigenvalue weighted by Gasteiger charge is -2.20. The second-order valence-electron chi connectivity index (χ2n) is 2.70. The van der Waals surface area contributed by atoms with Gasteiger partial charge in [-0.05, 0) is 19.2 Å². The molecule has 0 saturated heterocycles. The molecule has 0 aromatic carbocycles. The van der Waals surface area contributed by atoms with Crippen molar-refractivity contribution in [2.24, 2.45) is 5.73 Å². The largest absolute Gasteiger partial charge is 0.320 e. The third-order valence-electron chi connectivity index (χ3n) is 1.92. The molecule has 0 aliphatic heterocycles. The van der Waals surface area contributed by atoms with Gasteiger partial charge in [-0.2, -0.15) is 0 Å². The first-order valence-corrected chi connectivity index (χ1v) is 4.29. The van der Waals surface area contributed by atoms with Gasteiger partial charge < -0.3 is 10.6 Å². The van der Waals surface area contributed by atoms with E-state index in [1.807, 2.05) is 0 Å². The van der Waals surface area contributed by atoms with E-state index >= 15 is 0 Å². The molecule has 0 amide bonds. The molecule has 0 aliphatic rings. The van der Waals surface area contributed by atoms with Crippen molar-refractivity contribution >= 4 is 5.78 Å². The van der Waals surface area contributed by atoms with Gasteiger partial charge in [0, 0.05) is 6.54 Å². The first-order chi connectivity index (χ1) is 5.65. The number of likely N-dealkylation sites (N-methyl/N-ethyl adjacent to an activating group) is 1. The number of rotatable bonds is 6. The van der Waals surface area contributed by atoms with Crippen LogP contribution in [0.15, 0.2) is 12.7 Å². The van der Waals surface area contributed by atoms with Crippen LogP contribution < -0.4 is 5.73 Å². The van der Waals surface area contributed by atoms with Crippen LogP contribution in [0.4, 0.5) is 0 Å². The molecule has 0 bridgehead atoms. The van der Waals surface area contributed by atoms with Gasteiger partial charge in [0.25, 0.3) is 0 Å². The number of nitrogens with two attached hydrogens (primary N) is 1. The third-order valence-corrected chi connectivity index (χ3v) is 1.92. The van der Waals surface area contributed by atoms with Crippen LogP contribution in [0.2, 0.25) is 0 Å². The monoisotopic (exact) mass is 170 g/mol. The fourth-order valence-corrected chi connectivity index (χ4v) is 1.00. The minimum absolute atomic E-state index is 0.0816. The number of carbonyl (C=O) groups excluding carboxylic acids is 1. The van der Waals surface area contributed by atoms with Gasteiger partial charge >= 0.3 is 0 Å². The molecule has 0 heterocycles. The highest BCUT2D eigenvalue weighted by molar-refractivity contribution is 5.93. The smallest absolute Gasteiger partial charge is 0.173 e. The molecule has 3 nitrogen and oxygen atoms in total.